The molecule has 1 amide bonds. The number of hydrogen-bond acceptors (Lipinski definition) is 1. The number of nitrogens with zero attached hydrogens (tertiary/aromatic N) is 1. The molecule has 0 aliphatic rings. The van der Waals surface area contributed by atoms with Crippen molar-refractivity contribution in [2.75, 3.05) is 14.1 Å². The minimum atomic E-state index is 0.0370. The van der Waals surface area contributed by atoms with Gasteiger partial charge in [-0.05, 0) is 0 Å². The first-order chi connectivity index (χ1) is 2.64. The van der Waals surface area contributed by atoms with Gasteiger partial charge < -0.3 is 0 Å². The van der Waals surface area contributed by atoms with Gasteiger partial charge in [-0.3, -0.25) is 0 Å². The minimum absolute atomic E-state index is 0.0370. The van der Waals surface area contributed by atoms with Gasteiger partial charge in [0, 0.05) is 0 Å². The zero-order valence-electron chi connectivity index (χ0n) is 3.66. The summed E-state index contributed by atoms with van der Waals surface area (Å²) in [6.07, 6.45) is 0. The van der Waals surface area contributed by atoms with Crippen LogP contribution in [0.15, 0.2) is 0 Å². The van der Waals surface area contributed by atoms with Crippen LogP contribution >= 0.6 is 0 Å². The average molecular weight is 269 g/mol. The predicted molar refractivity (Wildman–Crippen MR) is 19.1 cm³/mol. The molecule has 0 unspecified atom stereocenters. The molecule has 0 aromatic carbocycles. The molecule has 0 atom stereocenters. The van der Waals surface area contributed by atoms with E-state index in [1.165, 1.54) is 4.90 Å². The first-order valence-corrected chi connectivity index (χ1v) is 2.56. The molecular weight excluding hydrogens is 263 g/mol. The number of carbonyl (C=O) groups excluding carboxylic acids is 1. The van der Waals surface area contributed by atoms with Crippen molar-refractivity contribution in [2.24, 2.45) is 0 Å². The fourth-order valence-electron chi connectivity index (χ4n) is 0. The summed E-state index contributed by atoms with van der Waals surface area (Å²) >= 11 is 1.88. The quantitative estimate of drug-likeness (QED) is 0.576. The molecule has 0 heterocycles. The second-order valence-corrected chi connectivity index (χ2v) is 2.04. The normalized spacial score (nSPS) is 8.00. The van der Waals surface area contributed by atoms with Crippen LogP contribution in [-0.2, 0) is 21.1 Å². The maximum atomic E-state index is 10.0. The second kappa shape index (κ2) is 2.39. The van der Waals surface area contributed by atoms with E-state index in [2.05, 4.69) is 0 Å². The Morgan fingerprint density at radius 3 is 1.83 bits per heavy atom. The van der Waals surface area contributed by atoms with Crippen molar-refractivity contribution in [2.45, 2.75) is 0 Å². The van der Waals surface area contributed by atoms with Gasteiger partial charge in [0.2, 0.25) is 0 Å². The Balaban J connectivity index is 3.26. The van der Waals surface area contributed by atoms with Gasteiger partial charge in [-0.1, -0.05) is 0 Å². The molecule has 0 fully saturated rings. The second-order valence-electron chi connectivity index (χ2n) is 1.11. The van der Waals surface area contributed by atoms with E-state index < -0.39 is 0 Å². The molecule has 0 saturated carbocycles. The van der Waals surface area contributed by atoms with Crippen molar-refractivity contribution >= 4 is 4.13 Å². The van der Waals surface area contributed by atoms with Crippen LogP contribution in [-0.4, -0.2) is 23.1 Å². The standard InChI is InChI=1S/C3H6NO.Au/c1-4(2)3-5;/h1-2H3;. The summed E-state index contributed by atoms with van der Waals surface area (Å²) < 4.78 is 0.0370. The van der Waals surface area contributed by atoms with Gasteiger partial charge in [-0.25, -0.2) is 0 Å². The van der Waals surface area contributed by atoms with Crippen LogP contribution in [0.5, 0.6) is 0 Å². The molecule has 0 N–H and O–H groups in total. The van der Waals surface area contributed by atoms with E-state index in [-0.39, 0.29) is 4.13 Å². The summed E-state index contributed by atoms with van der Waals surface area (Å²) in [5.41, 5.74) is 0. The number of hydrogen-bond donors (Lipinski definition) is 0. The Bertz CT molecular complexity index is 61.8. The molecule has 0 aromatic rings. The van der Waals surface area contributed by atoms with Gasteiger partial charge in [-0.2, -0.15) is 0 Å². The van der Waals surface area contributed by atoms with Gasteiger partial charge in [0.25, 0.3) is 0 Å². The van der Waals surface area contributed by atoms with Gasteiger partial charge >= 0.3 is 49.0 Å². The fourth-order valence-corrected chi connectivity index (χ4v) is 0. The monoisotopic (exact) mass is 269 g/mol. The van der Waals surface area contributed by atoms with Crippen LogP contribution in [0.3, 0.4) is 0 Å². The molecule has 0 aliphatic carbocycles. The van der Waals surface area contributed by atoms with E-state index in [9.17, 15) is 4.79 Å². The molecule has 6 heavy (non-hydrogen) atoms. The fraction of sp³-hybridized carbons (Fsp3) is 0.667. The molecule has 0 rings (SSSR count). The Kier molecular flexibility index (Phi) is 2.48. The van der Waals surface area contributed by atoms with E-state index in [0.29, 0.717) is 0 Å². The number of rotatable bonds is 0. The molecule has 0 spiro atoms. The summed E-state index contributed by atoms with van der Waals surface area (Å²) in [6.45, 7) is 0. The summed E-state index contributed by atoms with van der Waals surface area (Å²) in [7, 11) is 3.42. The van der Waals surface area contributed by atoms with Gasteiger partial charge in [0.05, 0.1) is 0 Å². The molecule has 0 aromatic heterocycles. The Labute approximate surface area is 49.4 Å². The summed E-state index contributed by atoms with van der Waals surface area (Å²) in [5.74, 6) is 0. The third-order valence-electron chi connectivity index (χ3n) is 0.317. The van der Waals surface area contributed by atoms with Gasteiger partial charge in [0.15, 0.2) is 0 Å². The van der Waals surface area contributed by atoms with Crippen molar-refractivity contribution in [1.82, 2.24) is 4.90 Å². The molecule has 0 saturated heterocycles. The number of amides is 1. The third-order valence-corrected chi connectivity index (χ3v) is 1.29. The van der Waals surface area contributed by atoms with Crippen LogP contribution in [0.25, 0.3) is 0 Å². The average Bonchev–Trinajstić information content (AvgIpc) is 1.36. The molecule has 0 radical (unpaired) electrons. The zero-order valence-corrected chi connectivity index (χ0v) is 5.82. The van der Waals surface area contributed by atoms with Crippen LogP contribution in [0, 0.1) is 0 Å². The molecule has 40 valence electrons. The van der Waals surface area contributed by atoms with Crippen molar-refractivity contribution < 1.29 is 25.9 Å². The van der Waals surface area contributed by atoms with Gasteiger partial charge in [0.1, 0.15) is 0 Å². The van der Waals surface area contributed by atoms with E-state index in [1.54, 1.807) is 14.1 Å². The summed E-state index contributed by atoms with van der Waals surface area (Å²) in [6, 6.07) is 0. The molecule has 0 bridgehead atoms. The SMILES string of the molecule is CN(C)[C](=O)[Au]. The van der Waals surface area contributed by atoms with Crippen molar-refractivity contribution in [3.63, 3.8) is 0 Å². The van der Waals surface area contributed by atoms with Crippen molar-refractivity contribution in [3.05, 3.63) is 0 Å². The molecule has 0 aliphatic heterocycles. The third kappa shape index (κ3) is 2.45. The van der Waals surface area contributed by atoms with E-state index >= 15 is 0 Å². The summed E-state index contributed by atoms with van der Waals surface area (Å²) in [5, 5.41) is 0. The predicted octanol–water partition coefficient (Wildman–Crippen LogP) is 0.215. The summed E-state index contributed by atoms with van der Waals surface area (Å²) in [4.78, 5) is 11.5. The molecular formula is C3H6AuNO. The van der Waals surface area contributed by atoms with Crippen LogP contribution in [0.4, 0.5) is 4.79 Å². The van der Waals surface area contributed by atoms with Gasteiger partial charge in [-0.15, -0.1) is 0 Å². The van der Waals surface area contributed by atoms with E-state index in [1.807, 2.05) is 21.1 Å². The van der Waals surface area contributed by atoms with Crippen LogP contribution < -0.4 is 0 Å². The first kappa shape index (κ1) is 6.21. The van der Waals surface area contributed by atoms with Crippen molar-refractivity contribution in [3.8, 4) is 0 Å². The first-order valence-electron chi connectivity index (χ1n) is 1.47. The van der Waals surface area contributed by atoms with Crippen molar-refractivity contribution in [1.29, 1.82) is 0 Å². The van der Waals surface area contributed by atoms with Crippen LogP contribution in [0.2, 0.25) is 0 Å². The Hall–Kier alpha value is 0.210. The zero-order chi connectivity index (χ0) is 5.15. The maximum absolute atomic E-state index is 10.0. The molecule has 3 heteroatoms. The number of carbonyl (C=O) groups is 1. The molecule has 2 nitrogen and oxygen atoms in total. The Morgan fingerprint density at radius 2 is 1.83 bits per heavy atom. The topological polar surface area (TPSA) is 20.3 Å². The van der Waals surface area contributed by atoms with Crippen LogP contribution in [0.1, 0.15) is 0 Å². The van der Waals surface area contributed by atoms with E-state index in [4.69, 9.17) is 0 Å². The van der Waals surface area contributed by atoms with E-state index in [0.717, 1.165) is 0 Å². The Morgan fingerprint density at radius 1 is 1.67 bits per heavy atom.